The average Bonchev–Trinajstić information content (AvgIpc) is 2.39. The minimum absolute atomic E-state index is 0.544. The van der Waals surface area contributed by atoms with Crippen LogP contribution in [0.25, 0.3) is 0 Å². The van der Waals surface area contributed by atoms with Gasteiger partial charge in [0.05, 0.1) is 0 Å². The summed E-state index contributed by atoms with van der Waals surface area (Å²) in [6.07, 6.45) is -0.978. The Hall–Kier alpha value is -1.22. The van der Waals surface area contributed by atoms with E-state index in [0.29, 0.717) is 17.1 Å². The molecule has 2 aromatic rings. The first-order valence-electron chi connectivity index (χ1n) is 5.46. The molecule has 1 N–H and O–H groups in total. The van der Waals surface area contributed by atoms with E-state index < -0.39 is 10.9 Å². The lowest BCUT2D eigenvalue weighted by molar-refractivity contribution is 0.189. The number of halogens is 2. The Kier molecular flexibility index (Phi) is 4.48. The Bertz CT molecular complexity index is 500. The number of ether oxygens (including phenoxy) is 1. The summed E-state index contributed by atoms with van der Waals surface area (Å²) in [5.41, 5.74) is 0.566. The molecule has 0 spiro atoms. The van der Waals surface area contributed by atoms with E-state index in [1.54, 1.807) is 18.2 Å². The summed E-state index contributed by atoms with van der Waals surface area (Å²) in [5, 5.41) is 9.91. The molecule has 2 aromatic carbocycles. The Morgan fingerprint density at radius 3 is 2.17 bits per heavy atom. The van der Waals surface area contributed by atoms with E-state index in [1.807, 2.05) is 36.4 Å². The van der Waals surface area contributed by atoms with Crippen molar-refractivity contribution in [3.05, 3.63) is 60.2 Å². The number of benzene rings is 2. The summed E-state index contributed by atoms with van der Waals surface area (Å²) >= 11 is 11.4. The van der Waals surface area contributed by atoms with Crippen molar-refractivity contribution in [2.75, 3.05) is 0 Å². The highest BCUT2D eigenvalue weighted by Gasteiger charge is 2.19. The lowest BCUT2D eigenvalue weighted by atomic mass is 10.1. The van der Waals surface area contributed by atoms with Gasteiger partial charge in [0.25, 0.3) is 0 Å². The van der Waals surface area contributed by atoms with E-state index in [0.717, 1.165) is 0 Å². The van der Waals surface area contributed by atoms with E-state index >= 15 is 0 Å². The van der Waals surface area contributed by atoms with Crippen LogP contribution >= 0.6 is 23.2 Å². The molecule has 94 valence electrons. The van der Waals surface area contributed by atoms with Crippen molar-refractivity contribution in [2.45, 2.75) is 10.9 Å². The standard InChI is InChI=1S/C14H12Cl2O2/c15-14(16)13(17)11-8-4-5-9-12(11)18-10-6-2-1-3-7-10/h1-9,13-14,17H. The summed E-state index contributed by atoms with van der Waals surface area (Å²) in [6.45, 7) is 0. The van der Waals surface area contributed by atoms with E-state index in [1.165, 1.54) is 0 Å². The molecule has 0 amide bonds. The number of hydrogen-bond acceptors (Lipinski definition) is 2. The summed E-state index contributed by atoms with van der Waals surface area (Å²) in [4.78, 5) is -0.898. The van der Waals surface area contributed by atoms with Gasteiger partial charge in [-0.25, -0.2) is 0 Å². The maximum absolute atomic E-state index is 9.91. The zero-order chi connectivity index (χ0) is 13.0. The third-order valence-electron chi connectivity index (χ3n) is 2.45. The molecular formula is C14H12Cl2O2. The molecule has 0 heterocycles. The van der Waals surface area contributed by atoms with Crippen LogP contribution < -0.4 is 4.74 Å². The molecule has 2 rings (SSSR count). The summed E-state index contributed by atoms with van der Waals surface area (Å²) in [7, 11) is 0. The van der Waals surface area contributed by atoms with Gasteiger partial charge in [-0.2, -0.15) is 0 Å². The number of rotatable bonds is 4. The highest BCUT2D eigenvalue weighted by atomic mass is 35.5. The van der Waals surface area contributed by atoms with Gasteiger partial charge in [-0.3, -0.25) is 0 Å². The lowest BCUT2D eigenvalue weighted by Gasteiger charge is -2.16. The second kappa shape index (κ2) is 6.10. The third kappa shape index (κ3) is 3.16. The molecule has 0 bridgehead atoms. The van der Waals surface area contributed by atoms with Gasteiger partial charge in [0.2, 0.25) is 0 Å². The van der Waals surface area contributed by atoms with Crippen molar-refractivity contribution in [2.24, 2.45) is 0 Å². The Morgan fingerprint density at radius 1 is 0.889 bits per heavy atom. The maximum atomic E-state index is 9.91. The van der Waals surface area contributed by atoms with E-state index in [2.05, 4.69) is 0 Å². The molecule has 18 heavy (non-hydrogen) atoms. The van der Waals surface area contributed by atoms with E-state index in [9.17, 15) is 5.11 Å². The van der Waals surface area contributed by atoms with Crippen LogP contribution in [0.3, 0.4) is 0 Å². The number of aliphatic hydroxyl groups excluding tert-OH is 1. The fourth-order valence-electron chi connectivity index (χ4n) is 1.57. The molecule has 0 fully saturated rings. The molecule has 0 radical (unpaired) electrons. The predicted molar refractivity (Wildman–Crippen MR) is 73.4 cm³/mol. The minimum Gasteiger partial charge on any atom is -0.457 e. The van der Waals surface area contributed by atoms with Crippen LogP contribution in [0.5, 0.6) is 11.5 Å². The Morgan fingerprint density at radius 2 is 1.50 bits per heavy atom. The Balaban J connectivity index is 2.28. The first kappa shape index (κ1) is 13.2. The molecule has 0 saturated heterocycles. The molecule has 4 heteroatoms. The molecule has 2 nitrogen and oxygen atoms in total. The first-order chi connectivity index (χ1) is 8.68. The van der Waals surface area contributed by atoms with Gasteiger partial charge in [0.1, 0.15) is 22.4 Å². The lowest BCUT2D eigenvalue weighted by Crippen LogP contribution is -2.07. The van der Waals surface area contributed by atoms with E-state index in [4.69, 9.17) is 27.9 Å². The zero-order valence-corrected chi connectivity index (χ0v) is 11.0. The fourth-order valence-corrected chi connectivity index (χ4v) is 1.84. The predicted octanol–water partition coefficient (Wildman–Crippen LogP) is 4.32. The van der Waals surface area contributed by atoms with Gasteiger partial charge in [-0.05, 0) is 18.2 Å². The molecular weight excluding hydrogens is 271 g/mol. The molecule has 0 aromatic heterocycles. The molecule has 1 unspecified atom stereocenters. The third-order valence-corrected chi connectivity index (χ3v) is 2.92. The molecule has 0 aliphatic carbocycles. The van der Waals surface area contributed by atoms with Crippen molar-refractivity contribution in [1.82, 2.24) is 0 Å². The highest BCUT2D eigenvalue weighted by molar-refractivity contribution is 6.44. The second-order valence-corrected chi connectivity index (χ2v) is 4.90. The second-order valence-electron chi connectivity index (χ2n) is 3.73. The van der Waals surface area contributed by atoms with Crippen LogP contribution in [-0.2, 0) is 0 Å². The van der Waals surface area contributed by atoms with Crippen molar-refractivity contribution in [3.63, 3.8) is 0 Å². The first-order valence-corrected chi connectivity index (χ1v) is 6.34. The average molecular weight is 283 g/mol. The fraction of sp³-hybridized carbons (Fsp3) is 0.143. The topological polar surface area (TPSA) is 29.5 Å². The van der Waals surface area contributed by atoms with Crippen molar-refractivity contribution in [3.8, 4) is 11.5 Å². The SMILES string of the molecule is OC(c1ccccc1Oc1ccccc1)C(Cl)Cl. The van der Waals surface area contributed by atoms with Gasteiger partial charge in [-0.15, -0.1) is 23.2 Å². The van der Waals surface area contributed by atoms with Gasteiger partial charge in [-0.1, -0.05) is 36.4 Å². The highest BCUT2D eigenvalue weighted by Crippen LogP contribution is 2.33. The van der Waals surface area contributed by atoms with Crippen molar-refractivity contribution in [1.29, 1.82) is 0 Å². The van der Waals surface area contributed by atoms with Crippen LogP contribution in [-0.4, -0.2) is 9.94 Å². The van der Waals surface area contributed by atoms with Gasteiger partial charge in [0.15, 0.2) is 0 Å². The Labute approximate surface area is 116 Å². The van der Waals surface area contributed by atoms with Crippen molar-refractivity contribution < 1.29 is 9.84 Å². The van der Waals surface area contributed by atoms with Crippen molar-refractivity contribution >= 4 is 23.2 Å². The largest absolute Gasteiger partial charge is 0.457 e. The van der Waals surface area contributed by atoms with Crippen LogP contribution in [0.2, 0.25) is 0 Å². The smallest absolute Gasteiger partial charge is 0.137 e. The van der Waals surface area contributed by atoms with Crippen LogP contribution in [0.4, 0.5) is 0 Å². The van der Waals surface area contributed by atoms with Gasteiger partial charge >= 0.3 is 0 Å². The van der Waals surface area contributed by atoms with Gasteiger partial charge in [0, 0.05) is 5.56 Å². The zero-order valence-electron chi connectivity index (χ0n) is 9.46. The minimum atomic E-state index is -0.978. The molecule has 0 aliphatic heterocycles. The van der Waals surface area contributed by atoms with E-state index in [-0.39, 0.29) is 0 Å². The number of para-hydroxylation sites is 2. The maximum Gasteiger partial charge on any atom is 0.137 e. The molecule has 0 aliphatic rings. The summed E-state index contributed by atoms with van der Waals surface area (Å²) in [6, 6.07) is 16.5. The normalized spacial score (nSPS) is 12.4. The number of alkyl halides is 2. The van der Waals surface area contributed by atoms with Crippen LogP contribution in [0.15, 0.2) is 54.6 Å². The monoisotopic (exact) mass is 282 g/mol. The summed E-state index contributed by atoms with van der Waals surface area (Å²) < 4.78 is 5.70. The van der Waals surface area contributed by atoms with Gasteiger partial charge < -0.3 is 9.84 Å². The van der Waals surface area contributed by atoms with Crippen LogP contribution in [0, 0.1) is 0 Å². The quantitative estimate of drug-likeness (QED) is 0.847. The summed E-state index contributed by atoms with van der Waals surface area (Å²) in [5.74, 6) is 1.24. The number of hydrogen-bond donors (Lipinski definition) is 1. The molecule has 1 atom stereocenters. The molecule has 0 saturated carbocycles. The van der Waals surface area contributed by atoms with Crippen LogP contribution in [0.1, 0.15) is 11.7 Å². The number of aliphatic hydroxyl groups is 1.